The number of halogens is 2. The van der Waals surface area contributed by atoms with Crippen molar-refractivity contribution in [3.63, 3.8) is 0 Å². The van der Waals surface area contributed by atoms with Crippen molar-refractivity contribution < 1.29 is 18.2 Å². The highest BCUT2D eigenvalue weighted by atomic mass is 79.9. The molecule has 0 saturated carbocycles. The lowest BCUT2D eigenvalue weighted by molar-refractivity contribution is 0.102. The molecule has 32 heavy (non-hydrogen) atoms. The zero-order chi connectivity index (χ0) is 22.2. The summed E-state index contributed by atoms with van der Waals surface area (Å²) in [5.41, 5.74) is 2.18. The standard InChI is InChI=1S/C22H12BrFN4O4/c23-12-6-7-17(14(10-12)20-26-22(30)32-28-20)25-21(29)19-15-9-11(5-8-18(15)31-27-19)13-3-1-2-4-16(13)24/h1-10H,(H,25,29)(H,26,28,30). The number of nitrogens with one attached hydrogen (secondary N) is 2. The number of amides is 1. The lowest BCUT2D eigenvalue weighted by atomic mass is 10.0. The third-order valence-electron chi connectivity index (χ3n) is 4.80. The monoisotopic (exact) mass is 494 g/mol. The highest BCUT2D eigenvalue weighted by Gasteiger charge is 2.20. The van der Waals surface area contributed by atoms with Crippen LogP contribution in [-0.2, 0) is 0 Å². The minimum absolute atomic E-state index is 0.0284. The number of anilines is 1. The maximum absolute atomic E-state index is 14.2. The molecule has 3 aromatic carbocycles. The van der Waals surface area contributed by atoms with Crippen LogP contribution in [0.1, 0.15) is 10.5 Å². The topological polar surface area (TPSA) is 114 Å². The Morgan fingerprint density at radius 2 is 1.84 bits per heavy atom. The highest BCUT2D eigenvalue weighted by molar-refractivity contribution is 9.10. The predicted molar refractivity (Wildman–Crippen MR) is 118 cm³/mol. The van der Waals surface area contributed by atoms with Crippen LogP contribution in [0.15, 0.2) is 79.0 Å². The second-order valence-electron chi connectivity index (χ2n) is 6.81. The van der Waals surface area contributed by atoms with Gasteiger partial charge in [0.15, 0.2) is 17.1 Å². The third kappa shape index (κ3) is 3.60. The molecule has 8 nitrogen and oxygen atoms in total. The zero-order valence-electron chi connectivity index (χ0n) is 16.1. The average Bonchev–Trinajstić information content (AvgIpc) is 3.41. The molecule has 0 fully saturated rings. The van der Waals surface area contributed by atoms with Gasteiger partial charge in [0.2, 0.25) is 0 Å². The first-order valence-electron chi connectivity index (χ1n) is 9.31. The van der Waals surface area contributed by atoms with Gasteiger partial charge in [0.25, 0.3) is 5.91 Å². The fourth-order valence-corrected chi connectivity index (χ4v) is 3.68. The van der Waals surface area contributed by atoms with Crippen LogP contribution < -0.4 is 11.1 Å². The summed E-state index contributed by atoms with van der Waals surface area (Å²) in [6, 6.07) is 16.3. The van der Waals surface area contributed by atoms with Crippen molar-refractivity contribution in [2.75, 3.05) is 5.32 Å². The molecule has 0 atom stereocenters. The van der Waals surface area contributed by atoms with E-state index >= 15 is 0 Å². The normalized spacial score (nSPS) is 11.1. The first kappa shape index (κ1) is 19.9. The van der Waals surface area contributed by atoms with Gasteiger partial charge in [-0.25, -0.2) is 9.18 Å². The molecule has 0 bridgehead atoms. The van der Waals surface area contributed by atoms with Crippen molar-refractivity contribution in [1.82, 2.24) is 15.3 Å². The van der Waals surface area contributed by atoms with Gasteiger partial charge in [-0.05, 0) is 42.0 Å². The molecule has 2 heterocycles. The van der Waals surface area contributed by atoms with Gasteiger partial charge in [0.1, 0.15) is 5.82 Å². The van der Waals surface area contributed by atoms with Gasteiger partial charge >= 0.3 is 5.76 Å². The van der Waals surface area contributed by atoms with Crippen molar-refractivity contribution >= 4 is 38.5 Å². The smallest absolute Gasteiger partial charge is 0.355 e. The SMILES string of the molecule is O=C(Nc1ccc(Br)cc1-c1noc(=O)[nH]1)c1noc2ccc(-c3ccccc3F)cc12. The number of hydrogen-bond acceptors (Lipinski definition) is 6. The summed E-state index contributed by atoms with van der Waals surface area (Å²) in [7, 11) is 0. The van der Waals surface area contributed by atoms with E-state index in [4.69, 9.17) is 4.52 Å². The second kappa shape index (κ2) is 7.89. The van der Waals surface area contributed by atoms with E-state index in [-0.39, 0.29) is 17.3 Å². The zero-order valence-corrected chi connectivity index (χ0v) is 17.6. The quantitative estimate of drug-likeness (QED) is 0.363. The van der Waals surface area contributed by atoms with Gasteiger partial charge in [-0.15, -0.1) is 0 Å². The summed E-state index contributed by atoms with van der Waals surface area (Å²) in [5.74, 6) is -1.50. The van der Waals surface area contributed by atoms with Crippen LogP contribution in [0.3, 0.4) is 0 Å². The van der Waals surface area contributed by atoms with E-state index in [0.717, 1.165) is 0 Å². The summed E-state index contributed by atoms with van der Waals surface area (Å²) in [6.45, 7) is 0. The minimum atomic E-state index is -0.722. The Labute approximate surface area is 187 Å². The van der Waals surface area contributed by atoms with Gasteiger partial charge in [-0.2, -0.15) is 0 Å². The lowest BCUT2D eigenvalue weighted by Crippen LogP contribution is -2.13. The summed E-state index contributed by atoms with van der Waals surface area (Å²) in [4.78, 5) is 26.9. The van der Waals surface area contributed by atoms with Gasteiger partial charge in [0, 0.05) is 15.6 Å². The summed E-state index contributed by atoms with van der Waals surface area (Å²) >= 11 is 3.35. The molecule has 2 N–H and O–H groups in total. The number of hydrogen-bond donors (Lipinski definition) is 2. The van der Waals surface area contributed by atoms with Crippen LogP contribution in [0, 0.1) is 5.82 Å². The Bertz CT molecular complexity index is 1540. The Morgan fingerprint density at radius 3 is 2.62 bits per heavy atom. The van der Waals surface area contributed by atoms with Crippen molar-refractivity contribution in [2.24, 2.45) is 0 Å². The molecule has 10 heteroatoms. The molecule has 0 saturated heterocycles. The van der Waals surface area contributed by atoms with E-state index < -0.39 is 11.7 Å². The largest absolute Gasteiger partial charge is 0.439 e. The number of aromatic amines is 1. The Morgan fingerprint density at radius 1 is 1.00 bits per heavy atom. The molecule has 0 aliphatic heterocycles. The maximum Gasteiger partial charge on any atom is 0.439 e. The van der Waals surface area contributed by atoms with Crippen LogP contribution >= 0.6 is 15.9 Å². The van der Waals surface area contributed by atoms with Gasteiger partial charge in [-0.3, -0.25) is 14.3 Å². The van der Waals surface area contributed by atoms with E-state index in [1.807, 2.05) is 0 Å². The Hall–Kier alpha value is -4.05. The summed E-state index contributed by atoms with van der Waals surface area (Å²) < 4.78 is 24.8. The van der Waals surface area contributed by atoms with Gasteiger partial charge in [-0.1, -0.05) is 50.5 Å². The van der Waals surface area contributed by atoms with Crippen LogP contribution in [0.5, 0.6) is 0 Å². The number of nitrogens with zero attached hydrogens (tertiary/aromatic N) is 2. The molecule has 158 valence electrons. The van der Waals surface area contributed by atoms with Crippen LogP contribution in [0.25, 0.3) is 33.5 Å². The van der Waals surface area contributed by atoms with Crippen LogP contribution in [-0.4, -0.2) is 21.2 Å². The van der Waals surface area contributed by atoms with E-state index in [2.05, 4.69) is 41.1 Å². The molecular weight excluding hydrogens is 483 g/mol. The highest BCUT2D eigenvalue weighted by Crippen LogP contribution is 2.31. The number of benzene rings is 3. The predicted octanol–water partition coefficient (Wildman–Crippen LogP) is 4.99. The number of H-pyrrole nitrogens is 1. The fourth-order valence-electron chi connectivity index (χ4n) is 3.31. The third-order valence-corrected chi connectivity index (χ3v) is 5.29. The average molecular weight is 495 g/mol. The summed E-state index contributed by atoms with van der Waals surface area (Å²) in [6.07, 6.45) is 0. The van der Waals surface area contributed by atoms with Gasteiger partial charge in [0.05, 0.1) is 11.1 Å². The van der Waals surface area contributed by atoms with E-state index in [0.29, 0.717) is 37.8 Å². The van der Waals surface area contributed by atoms with Crippen molar-refractivity contribution in [3.8, 4) is 22.5 Å². The number of aromatic nitrogens is 3. The number of carbonyl (C=O) groups is 1. The van der Waals surface area contributed by atoms with Crippen molar-refractivity contribution in [2.45, 2.75) is 0 Å². The first-order valence-corrected chi connectivity index (χ1v) is 10.1. The van der Waals surface area contributed by atoms with Crippen molar-refractivity contribution in [3.05, 3.63) is 87.2 Å². The maximum atomic E-state index is 14.2. The molecule has 0 spiro atoms. The van der Waals surface area contributed by atoms with E-state index in [9.17, 15) is 14.0 Å². The number of fused-ring (bicyclic) bond motifs is 1. The molecule has 0 radical (unpaired) electrons. The van der Waals surface area contributed by atoms with E-state index in [1.54, 1.807) is 54.6 Å². The number of rotatable bonds is 4. The Balaban J connectivity index is 1.53. The molecule has 1 amide bonds. The van der Waals surface area contributed by atoms with Crippen LogP contribution in [0.2, 0.25) is 0 Å². The molecule has 2 aromatic heterocycles. The summed E-state index contributed by atoms with van der Waals surface area (Å²) in [5, 5.41) is 10.7. The number of carbonyl (C=O) groups excluding carboxylic acids is 1. The molecule has 0 unspecified atom stereocenters. The first-order chi connectivity index (χ1) is 15.5. The van der Waals surface area contributed by atoms with E-state index in [1.165, 1.54) is 6.07 Å². The van der Waals surface area contributed by atoms with Crippen molar-refractivity contribution in [1.29, 1.82) is 0 Å². The Kier molecular flexibility index (Phi) is 4.91. The lowest BCUT2D eigenvalue weighted by Gasteiger charge is -2.09. The molecule has 0 aliphatic rings. The molecular formula is C22H12BrFN4O4. The minimum Gasteiger partial charge on any atom is -0.355 e. The molecule has 5 aromatic rings. The molecule has 5 rings (SSSR count). The van der Waals surface area contributed by atoms with Gasteiger partial charge < -0.3 is 9.84 Å². The van der Waals surface area contributed by atoms with Crippen LogP contribution in [0.4, 0.5) is 10.1 Å². The molecule has 0 aliphatic carbocycles. The second-order valence-corrected chi connectivity index (χ2v) is 7.73. The fraction of sp³-hybridized carbons (Fsp3) is 0.